The molecule has 230 valence electrons. The molecule has 0 fully saturated rings. The molecule has 0 aliphatic heterocycles. The Labute approximate surface area is 267 Å². The lowest BCUT2D eigenvalue weighted by Gasteiger charge is -2.32. The summed E-state index contributed by atoms with van der Waals surface area (Å²) in [6, 6.07) is 32.0. The predicted molar refractivity (Wildman–Crippen MR) is 174 cm³/mol. The largest absolute Gasteiger partial charge is 0.478 e. The van der Waals surface area contributed by atoms with Crippen LogP contribution in [0.1, 0.15) is 45.5 Å². The van der Waals surface area contributed by atoms with Crippen molar-refractivity contribution in [1.29, 1.82) is 5.26 Å². The number of amides is 2. The number of carboxylic acids is 1. The van der Waals surface area contributed by atoms with Crippen LogP contribution in [0.2, 0.25) is 0 Å². The highest BCUT2D eigenvalue weighted by Crippen LogP contribution is 2.29. The Morgan fingerprint density at radius 1 is 0.889 bits per heavy atom. The molecular formula is C36H35N3O5S. The van der Waals surface area contributed by atoms with E-state index in [2.05, 4.69) is 6.07 Å². The fourth-order valence-corrected chi connectivity index (χ4v) is 5.89. The number of nitrogens with two attached hydrogens (primary N) is 1. The van der Waals surface area contributed by atoms with Gasteiger partial charge in [0, 0.05) is 4.90 Å². The molecule has 0 aliphatic rings. The molecule has 2 amide bonds. The van der Waals surface area contributed by atoms with Gasteiger partial charge in [0.25, 0.3) is 0 Å². The molecule has 3 atom stereocenters. The number of nitriles is 1. The number of nitrogens with zero attached hydrogens (tertiary/aromatic N) is 2. The zero-order valence-corrected chi connectivity index (χ0v) is 25.9. The lowest BCUT2D eigenvalue weighted by Crippen LogP contribution is -2.54. The number of thioether (sulfide) groups is 1. The van der Waals surface area contributed by atoms with Crippen molar-refractivity contribution in [2.45, 2.75) is 48.6 Å². The van der Waals surface area contributed by atoms with Crippen LogP contribution in [0.3, 0.4) is 0 Å². The molecule has 0 saturated heterocycles. The number of carboxylic acid groups (broad SMARTS) is 1. The van der Waals surface area contributed by atoms with E-state index in [1.165, 1.54) is 23.9 Å². The van der Waals surface area contributed by atoms with E-state index < -0.39 is 41.2 Å². The summed E-state index contributed by atoms with van der Waals surface area (Å²) in [7, 11) is 0. The molecule has 4 rings (SSSR count). The van der Waals surface area contributed by atoms with Gasteiger partial charge < -0.3 is 15.6 Å². The summed E-state index contributed by atoms with van der Waals surface area (Å²) in [5, 5.41) is 19.7. The Bertz CT molecular complexity index is 1620. The number of benzene rings is 4. The van der Waals surface area contributed by atoms with Gasteiger partial charge in [-0.05, 0) is 55.2 Å². The van der Waals surface area contributed by atoms with Crippen LogP contribution in [-0.2, 0) is 20.7 Å². The molecule has 45 heavy (non-hydrogen) atoms. The first-order chi connectivity index (χ1) is 21.7. The van der Waals surface area contributed by atoms with Gasteiger partial charge in [-0.3, -0.25) is 14.5 Å². The highest BCUT2D eigenvalue weighted by atomic mass is 32.2. The van der Waals surface area contributed by atoms with E-state index in [0.29, 0.717) is 16.0 Å². The molecule has 0 aromatic heterocycles. The van der Waals surface area contributed by atoms with Gasteiger partial charge in [0.15, 0.2) is 0 Å². The van der Waals surface area contributed by atoms with Crippen molar-refractivity contribution in [3.05, 3.63) is 137 Å². The molecule has 8 nitrogen and oxygen atoms in total. The number of aryl methyl sites for hydroxylation is 1. The molecule has 0 heterocycles. The van der Waals surface area contributed by atoms with Gasteiger partial charge in [-0.15, -0.1) is 0 Å². The number of hydrogen-bond donors (Lipinski definition) is 2. The standard InChI is InChI=1S/C36H35N3O5S/c1-24-11-9-12-26(19-24)20-32(38)34(40)39(35(41)33(27-13-5-3-6-14-27)28-15-7-4-8-16-28)30(22-37)23-44-25(2)45-31-18-10-17-29(21-31)36(42)43/h3-19,21,25,30,32-33H,20,23,38H2,1-2H3,(H,42,43)/t25?,30?,32-/m0/s1. The number of imide groups is 1. The number of carbonyl (C=O) groups is 3. The molecule has 0 saturated carbocycles. The Morgan fingerprint density at radius 3 is 2.09 bits per heavy atom. The molecule has 2 unspecified atom stereocenters. The van der Waals surface area contributed by atoms with Crippen molar-refractivity contribution in [3.63, 3.8) is 0 Å². The van der Waals surface area contributed by atoms with Gasteiger partial charge in [0.2, 0.25) is 11.8 Å². The average Bonchev–Trinajstić information content (AvgIpc) is 3.04. The first-order valence-electron chi connectivity index (χ1n) is 14.5. The normalized spacial score (nSPS) is 13.0. The average molecular weight is 622 g/mol. The van der Waals surface area contributed by atoms with Gasteiger partial charge in [-0.2, -0.15) is 5.26 Å². The molecule has 0 radical (unpaired) electrons. The molecular weight excluding hydrogens is 586 g/mol. The number of hydrogen-bond acceptors (Lipinski definition) is 7. The van der Waals surface area contributed by atoms with Gasteiger partial charge in [0.05, 0.1) is 30.2 Å². The molecule has 4 aromatic rings. The molecule has 4 aromatic carbocycles. The van der Waals surface area contributed by atoms with E-state index in [9.17, 15) is 24.8 Å². The Balaban J connectivity index is 1.64. The molecule has 9 heteroatoms. The molecule has 0 spiro atoms. The van der Waals surface area contributed by atoms with Crippen LogP contribution in [0.5, 0.6) is 0 Å². The smallest absolute Gasteiger partial charge is 0.335 e. The van der Waals surface area contributed by atoms with Gasteiger partial charge >= 0.3 is 5.97 Å². The van der Waals surface area contributed by atoms with E-state index in [4.69, 9.17) is 10.5 Å². The van der Waals surface area contributed by atoms with Crippen LogP contribution in [0.25, 0.3) is 0 Å². The summed E-state index contributed by atoms with van der Waals surface area (Å²) in [6.45, 7) is 3.42. The van der Waals surface area contributed by atoms with Crippen LogP contribution in [0.4, 0.5) is 0 Å². The molecule has 0 aliphatic carbocycles. The Hall–Kier alpha value is -4.75. The fourth-order valence-electron chi connectivity index (χ4n) is 5.01. The van der Waals surface area contributed by atoms with E-state index in [1.54, 1.807) is 19.1 Å². The minimum absolute atomic E-state index is 0.139. The fraction of sp³-hybridized carbons (Fsp3) is 0.222. The topological polar surface area (TPSA) is 134 Å². The van der Waals surface area contributed by atoms with Crippen molar-refractivity contribution in [3.8, 4) is 6.07 Å². The van der Waals surface area contributed by atoms with E-state index >= 15 is 0 Å². The quantitative estimate of drug-likeness (QED) is 0.141. The van der Waals surface area contributed by atoms with Crippen LogP contribution < -0.4 is 5.73 Å². The maximum Gasteiger partial charge on any atom is 0.335 e. The lowest BCUT2D eigenvalue weighted by molar-refractivity contribution is -0.149. The zero-order chi connectivity index (χ0) is 32.3. The summed E-state index contributed by atoms with van der Waals surface area (Å²) in [5.41, 5.74) is 9.25. The van der Waals surface area contributed by atoms with Crippen LogP contribution in [0, 0.1) is 18.3 Å². The van der Waals surface area contributed by atoms with Crippen molar-refractivity contribution in [1.82, 2.24) is 4.90 Å². The summed E-state index contributed by atoms with van der Waals surface area (Å²) in [4.78, 5) is 41.6. The highest BCUT2D eigenvalue weighted by Gasteiger charge is 2.38. The first-order valence-corrected chi connectivity index (χ1v) is 15.3. The third kappa shape index (κ3) is 8.89. The van der Waals surface area contributed by atoms with Crippen molar-refractivity contribution in [2.75, 3.05) is 6.61 Å². The second-order valence-corrected chi connectivity index (χ2v) is 12.0. The van der Waals surface area contributed by atoms with E-state index in [0.717, 1.165) is 16.0 Å². The monoisotopic (exact) mass is 621 g/mol. The highest BCUT2D eigenvalue weighted by molar-refractivity contribution is 7.99. The van der Waals surface area contributed by atoms with Crippen molar-refractivity contribution in [2.24, 2.45) is 5.73 Å². The third-order valence-electron chi connectivity index (χ3n) is 7.18. The second kappa shape index (κ2) is 15.8. The van der Waals surface area contributed by atoms with Crippen LogP contribution in [-0.4, -0.2) is 51.9 Å². The van der Waals surface area contributed by atoms with Crippen molar-refractivity contribution >= 4 is 29.5 Å². The summed E-state index contributed by atoms with van der Waals surface area (Å²) in [6.07, 6.45) is 0.177. The minimum Gasteiger partial charge on any atom is -0.478 e. The Kier molecular flexibility index (Phi) is 11.7. The van der Waals surface area contributed by atoms with Gasteiger partial charge in [-0.25, -0.2) is 4.79 Å². The SMILES string of the molecule is Cc1cccc(C[C@H](N)C(=O)N(C(=O)C(c2ccccc2)c2ccccc2)C(C#N)COC(C)Sc2cccc(C(=O)O)c2)c1. The van der Waals surface area contributed by atoms with Crippen LogP contribution in [0.15, 0.2) is 114 Å². The first kappa shape index (κ1) is 33.1. The lowest BCUT2D eigenvalue weighted by atomic mass is 9.89. The van der Waals surface area contributed by atoms with Crippen LogP contribution >= 0.6 is 11.8 Å². The number of aromatic carboxylic acids is 1. The minimum atomic E-state index is -1.28. The number of ether oxygens (including phenoxy) is 1. The maximum absolute atomic E-state index is 14.5. The summed E-state index contributed by atoms with van der Waals surface area (Å²) < 4.78 is 5.99. The zero-order valence-electron chi connectivity index (χ0n) is 25.1. The number of carbonyl (C=O) groups excluding carboxylic acids is 2. The third-order valence-corrected chi connectivity index (χ3v) is 8.17. The Morgan fingerprint density at radius 2 is 1.51 bits per heavy atom. The maximum atomic E-state index is 14.5. The summed E-state index contributed by atoms with van der Waals surface area (Å²) in [5.74, 6) is -3.18. The van der Waals surface area contributed by atoms with E-state index in [1.807, 2.05) is 91.9 Å². The summed E-state index contributed by atoms with van der Waals surface area (Å²) >= 11 is 1.26. The molecule has 0 bridgehead atoms. The number of rotatable bonds is 13. The van der Waals surface area contributed by atoms with Crippen molar-refractivity contribution < 1.29 is 24.2 Å². The van der Waals surface area contributed by atoms with E-state index in [-0.39, 0.29) is 18.6 Å². The predicted octanol–water partition coefficient (Wildman–Crippen LogP) is 5.80. The molecule has 3 N–H and O–H groups in total. The second-order valence-electron chi connectivity index (χ2n) is 10.6. The van der Waals surface area contributed by atoms with Gasteiger partial charge in [-0.1, -0.05) is 108 Å². The van der Waals surface area contributed by atoms with Gasteiger partial charge in [0.1, 0.15) is 11.5 Å².